The van der Waals surface area contributed by atoms with Crippen molar-refractivity contribution in [1.29, 1.82) is 0 Å². The van der Waals surface area contributed by atoms with Gasteiger partial charge in [0.05, 0.1) is 15.1 Å². The number of thiazole rings is 1. The number of carbonyl (C=O) groups is 1. The lowest BCUT2D eigenvalue weighted by molar-refractivity contribution is 0.0997. The third-order valence-corrected chi connectivity index (χ3v) is 9.34. The maximum atomic E-state index is 13.3. The minimum atomic E-state index is -3.67. The first kappa shape index (κ1) is 24.4. The van der Waals surface area contributed by atoms with E-state index in [0.29, 0.717) is 36.4 Å². The van der Waals surface area contributed by atoms with E-state index < -0.39 is 15.9 Å². The summed E-state index contributed by atoms with van der Waals surface area (Å²) in [6, 6.07) is 18.2. The molecule has 8 heteroatoms. The van der Waals surface area contributed by atoms with Crippen molar-refractivity contribution in [3.8, 4) is 0 Å². The molecule has 184 valence electrons. The number of amides is 1. The van der Waals surface area contributed by atoms with Crippen molar-refractivity contribution >= 4 is 37.5 Å². The lowest BCUT2D eigenvalue weighted by Crippen LogP contribution is -2.35. The van der Waals surface area contributed by atoms with Crippen molar-refractivity contribution in [2.24, 2.45) is 4.99 Å². The van der Waals surface area contributed by atoms with Gasteiger partial charge in [0.25, 0.3) is 5.91 Å². The molecule has 2 heterocycles. The first-order chi connectivity index (χ1) is 17.3. The molecule has 0 spiro atoms. The number of hydrogen-bond acceptors (Lipinski definition) is 4. The molecule has 1 aliphatic heterocycles. The predicted octanol–water partition coefficient (Wildman–Crippen LogP) is 4.99. The topological polar surface area (TPSA) is 71.7 Å². The Hall–Kier alpha value is -3.33. The first-order valence-corrected chi connectivity index (χ1v) is 14.0. The summed E-state index contributed by atoms with van der Waals surface area (Å²) in [5.74, 6) is -0.412. The molecule has 0 fully saturated rings. The molecule has 0 saturated carbocycles. The Bertz CT molecular complexity index is 1660. The van der Waals surface area contributed by atoms with Crippen molar-refractivity contribution in [2.75, 3.05) is 6.54 Å². The number of sulfonamides is 1. The number of allylic oxidation sites excluding steroid dienone is 1. The lowest BCUT2D eigenvalue weighted by Gasteiger charge is -2.28. The van der Waals surface area contributed by atoms with E-state index in [0.717, 1.165) is 26.9 Å². The van der Waals surface area contributed by atoms with Gasteiger partial charge in [0.2, 0.25) is 10.0 Å². The van der Waals surface area contributed by atoms with Gasteiger partial charge in [-0.2, -0.15) is 9.30 Å². The van der Waals surface area contributed by atoms with Crippen LogP contribution < -0.4 is 4.80 Å². The molecule has 1 aromatic heterocycles. The number of aryl methyl sites for hydroxylation is 2. The van der Waals surface area contributed by atoms with E-state index in [1.54, 1.807) is 6.08 Å². The second-order valence-electron chi connectivity index (χ2n) is 9.01. The summed E-state index contributed by atoms with van der Waals surface area (Å²) in [5, 5.41) is 0. The Kier molecular flexibility index (Phi) is 6.51. The summed E-state index contributed by atoms with van der Waals surface area (Å²) >= 11 is 1.46. The molecule has 0 bridgehead atoms. The standard InChI is InChI=1S/C28H27N3O3S2/c1-4-14-31-26-20(3)16-19(2)17-25(26)35-28(31)29-27(32)22-9-11-24(12-10-22)36(33,34)30-15-13-21-7-5-6-8-23(21)18-30/h4-12,16-17H,1,13-15,18H2,2-3H3. The van der Waals surface area contributed by atoms with E-state index in [9.17, 15) is 13.2 Å². The number of benzene rings is 3. The van der Waals surface area contributed by atoms with Gasteiger partial charge in [-0.3, -0.25) is 4.79 Å². The van der Waals surface area contributed by atoms with E-state index in [-0.39, 0.29) is 4.90 Å². The summed E-state index contributed by atoms with van der Waals surface area (Å²) in [7, 11) is -3.67. The Morgan fingerprint density at radius 2 is 1.81 bits per heavy atom. The maximum absolute atomic E-state index is 13.3. The fourth-order valence-electron chi connectivity index (χ4n) is 4.72. The molecule has 5 rings (SSSR count). The van der Waals surface area contributed by atoms with Gasteiger partial charge in [-0.05, 0) is 72.9 Å². The number of aromatic nitrogens is 1. The van der Waals surface area contributed by atoms with Gasteiger partial charge >= 0.3 is 0 Å². The van der Waals surface area contributed by atoms with Crippen molar-refractivity contribution in [3.63, 3.8) is 0 Å². The van der Waals surface area contributed by atoms with Crippen LogP contribution in [0.15, 0.2) is 83.2 Å². The zero-order valence-electron chi connectivity index (χ0n) is 20.3. The Labute approximate surface area is 214 Å². The van der Waals surface area contributed by atoms with Crippen molar-refractivity contribution in [3.05, 3.63) is 106 Å². The highest BCUT2D eigenvalue weighted by Crippen LogP contribution is 2.26. The van der Waals surface area contributed by atoms with Gasteiger partial charge in [0, 0.05) is 25.2 Å². The highest BCUT2D eigenvalue weighted by Gasteiger charge is 2.28. The fourth-order valence-corrected chi connectivity index (χ4v) is 7.35. The number of carbonyl (C=O) groups excluding carboxylic acids is 1. The quantitative estimate of drug-likeness (QED) is 0.350. The largest absolute Gasteiger partial charge is 0.312 e. The van der Waals surface area contributed by atoms with Crippen LogP contribution >= 0.6 is 11.3 Å². The molecule has 1 amide bonds. The molecule has 0 saturated heterocycles. The van der Waals surface area contributed by atoms with Crippen LogP contribution in [0.1, 0.15) is 32.6 Å². The molecule has 0 aliphatic carbocycles. The van der Waals surface area contributed by atoms with Crippen molar-refractivity contribution in [2.45, 2.75) is 38.3 Å². The first-order valence-electron chi connectivity index (χ1n) is 11.8. The maximum Gasteiger partial charge on any atom is 0.279 e. The van der Waals surface area contributed by atoms with Crippen molar-refractivity contribution < 1.29 is 13.2 Å². The van der Waals surface area contributed by atoms with Crippen LogP contribution in [0, 0.1) is 13.8 Å². The summed E-state index contributed by atoms with van der Waals surface area (Å²) < 4.78 is 31.1. The minimum Gasteiger partial charge on any atom is -0.312 e. The van der Waals surface area contributed by atoms with Gasteiger partial charge in [-0.15, -0.1) is 6.58 Å². The zero-order valence-corrected chi connectivity index (χ0v) is 21.9. The van der Waals surface area contributed by atoms with Crippen LogP contribution in [0.2, 0.25) is 0 Å². The van der Waals surface area contributed by atoms with E-state index in [4.69, 9.17) is 0 Å². The van der Waals surface area contributed by atoms with Gasteiger partial charge in [0.1, 0.15) is 0 Å². The highest BCUT2D eigenvalue weighted by molar-refractivity contribution is 7.89. The monoisotopic (exact) mass is 517 g/mol. The molecule has 6 nitrogen and oxygen atoms in total. The third kappa shape index (κ3) is 4.48. The van der Waals surface area contributed by atoms with Gasteiger partial charge in [-0.1, -0.05) is 47.7 Å². The number of hydrogen-bond donors (Lipinski definition) is 0. The van der Waals surface area contributed by atoms with Crippen molar-refractivity contribution in [1.82, 2.24) is 8.87 Å². The molecule has 0 N–H and O–H groups in total. The molecule has 4 aromatic rings. The van der Waals surface area contributed by atoms with Crippen LogP contribution in [-0.2, 0) is 29.5 Å². The lowest BCUT2D eigenvalue weighted by atomic mass is 10.0. The number of rotatable bonds is 5. The van der Waals surface area contributed by atoms with E-state index in [2.05, 4.69) is 23.7 Å². The smallest absolute Gasteiger partial charge is 0.279 e. The molecule has 3 aromatic carbocycles. The predicted molar refractivity (Wildman–Crippen MR) is 144 cm³/mol. The molecule has 1 aliphatic rings. The van der Waals surface area contributed by atoms with E-state index in [1.165, 1.54) is 45.5 Å². The second kappa shape index (κ2) is 9.61. The molecule has 0 radical (unpaired) electrons. The molecule has 0 atom stereocenters. The average Bonchev–Trinajstić information content (AvgIpc) is 3.20. The molecular formula is C28H27N3O3S2. The second-order valence-corrected chi connectivity index (χ2v) is 12.0. The Morgan fingerprint density at radius 3 is 2.53 bits per heavy atom. The van der Waals surface area contributed by atoms with Gasteiger partial charge < -0.3 is 4.57 Å². The number of fused-ring (bicyclic) bond motifs is 2. The van der Waals surface area contributed by atoms with Crippen LogP contribution in [0.4, 0.5) is 0 Å². The summed E-state index contributed by atoms with van der Waals surface area (Å²) in [5.41, 5.74) is 5.87. The minimum absolute atomic E-state index is 0.174. The summed E-state index contributed by atoms with van der Waals surface area (Å²) in [6.07, 6.45) is 2.47. The van der Waals surface area contributed by atoms with Gasteiger partial charge in [0.15, 0.2) is 4.80 Å². The SMILES string of the molecule is C=CCn1c(=NC(=O)c2ccc(S(=O)(=O)N3CCc4ccccc4C3)cc2)sc2cc(C)cc(C)c21. The number of nitrogens with zero attached hydrogens (tertiary/aromatic N) is 3. The summed E-state index contributed by atoms with van der Waals surface area (Å²) in [4.78, 5) is 18.2. The van der Waals surface area contributed by atoms with Crippen LogP contribution in [-0.4, -0.2) is 29.7 Å². The average molecular weight is 518 g/mol. The molecule has 0 unspecified atom stereocenters. The van der Waals surface area contributed by atoms with E-state index in [1.807, 2.05) is 42.7 Å². The summed E-state index contributed by atoms with van der Waals surface area (Å²) in [6.45, 7) is 9.26. The molecular weight excluding hydrogens is 490 g/mol. The third-order valence-electron chi connectivity index (χ3n) is 6.46. The van der Waals surface area contributed by atoms with Crippen LogP contribution in [0.5, 0.6) is 0 Å². The Balaban J connectivity index is 1.44. The van der Waals surface area contributed by atoms with Gasteiger partial charge in [-0.25, -0.2) is 8.42 Å². The zero-order chi connectivity index (χ0) is 25.4. The van der Waals surface area contributed by atoms with E-state index >= 15 is 0 Å². The normalized spacial score (nSPS) is 14.7. The fraction of sp³-hybridized carbons (Fsp3) is 0.214. The highest BCUT2D eigenvalue weighted by atomic mass is 32.2. The van der Waals surface area contributed by atoms with Crippen LogP contribution in [0.3, 0.4) is 0 Å². The molecule has 36 heavy (non-hydrogen) atoms. The Morgan fingerprint density at radius 1 is 1.08 bits per heavy atom. The van der Waals surface area contributed by atoms with Crippen LogP contribution in [0.25, 0.3) is 10.2 Å².